The van der Waals surface area contributed by atoms with Crippen LogP contribution in [-0.4, -0.2) is 10.9 Å². The highest BCUT2D eigenvalue weighted by atomic mass is 16.3. The lowest BCUT2D eigenvalue weighted by atomic mass is 9.80. The Morgan fingerprint density at radius 1 is 1.47 bits per heavy atom. The Morgan fingerprint density at radius 3 is 2.87 bits per heavy atom. The molecule has 1 aromatic carbocycles. The monoisotopic (exact) mass is 202 g/mol. The van der Waals surface area contributed by atoms with Gasteiger partial charge in [0.15, 0.2) is 5.78 Å². The summed E-state index contributed by atoms with van der Waals surface area (Å²) < 4.78 is 0. The number of phenolic OH excluding ortho intramolecular Hbond substituents is 1. The summed E-state index contributed by atoms with van der Waals surface area (Å²) in [6.07, 6.45) is 1.38. The highest BCUT2D eigenvalue weighted by Crippen LogP contribution is 2.31. The zero-order valence-corrected chi connectivity index (χ0v) is 8.79. The molecule has 1 aliphatic rings. The number of allylic oxidation sites excluding steroid dienone is 1. The lowest BCUT2D eigenvalue weighted by Crippen LogP contribution is -2.20. The zero-order chi connectivity index (χ0) is 11.0. The van der Waals surface area contributed by atoms with Gasteiger partial charge in [0.2, 0.25) is 0 Å². The van der Waals surface area contributed by atoms with Crippen molar-refractivity contribution >= 4 is 5.78 Å². The molecule has 1 N–H and O–H groups in total. The Labute approximate surface area is 89.2 Å². The number of benzene rings is 1. The van der Waals surface area contributed by atoms with Crippen molar-refractivity contribution in [2.75, 3.05) is 0 Å². The van der Waals surface area contributed by atoms with Crippen LogP contribution < -0.4 is 0 Å². The first-order chi connectivity index (χ1) is 7.08. The van der Waals surface area contributed by atoms with Crippen molar-refractivity contribution in [2.45, 2.75) is 19.8 Å². The number of ketones is 1. The second-order valence-electron chi connectivity index (χ2n) is 4.22. The number of Topliss-reactive ketones (excluding diaryl/α,β-unsaturated/α-hetero) is 1. The summed E-state index contributed by atoms with van der Waals surface area (Å²) in [6.45, 7) is 5.86. The van der Waals surface area contributed by atoms with Crippen LogP contribution in [0.5, 0.6) is 5.75 Å². The van der Waals surface area contributed by atoms with Crippen molar-refractivity contribution in [3.63, 3.8) is 0 Å². The third-order valence-corrected chi connectivity index (χ3v) is 2.99. The number of fused-ring (bicyclic) bond motifs is 1. The molecule has 0 unspecified atom stereocenters. The molecule has 0 bridgehead atoms. The van der Waals surface area contributed by atoms with E-state index in [9.17, 15) is 9.90 Å². The Balaban J connectivity index is 2.41. The molecule has 0 amide bonds. The second kappa shape index (κ2) is 3.54. The molecule has 15 heavy (non-hydrogen) atoms. The molecule has 2 rings (SSSR count). The van der Waals surface area contributed by atoms with Gasteiger partial charge in [-0.05, 0) is 37.0 Å². The minimum Gasteiger partial charge on any atom is -0.508 e. The van der Waals surface area contributed by atoms with Gasteiger partial charge in [0.25, 0.3) is 0 Å². The minimum atomic E-state index is 0.111. The van der Waals surface area contributed by atoms with E-state index in [4.69, 9.17) is 0 Å². The van der Waals surface area contributed by atoms with Crippen LogP contribution in [0.3, 0.4) is 0 Å². The number of rotatable bonds is 1. The van der Waals surface area contributed by atoms with Crippen molar-refractivity contribution in [1.82, 2.24) is 0 Å². The summed E-state index contributed by atoms with van der Waals surface area (Å²) in [5, 5.41) is 9.31. The van der Waals surface area contributed by atoms with E-state index in [1.165, 1.54) is 0 Å². The molecule has 2 heteroatoms. The molecular weight excluding hydrogens is 188 g/mol. The van der Waals surface area contributed by atoms with Crippen LogP contribution in [0.2, 0.25) is 0 Å². The van der Waals surface area contributed by atoms with Crippen LogP contribution in [0.25, 0.3) is 0 Å². The average molecular weight is 202 g/mol. The summed E-state index contributed by atoms with van der Waals surface area (Å²) in [5.74, 6) is 0.533. The highest BCUT2D eigenvalue weighted by Gasteiger charge is 2.25. The molecule has 0 radical (unpaired) electrons. The third-order valence-electron chi connectivity index (χ3n) is 2.99. The van der Waals surface area contributed by atoms with Gasteiger partial charge in [0.1, 0.15) is 5.75 Å². The van der Waals surface area contributed by atoms with Crippen LogP contribution >= 0.6 is 0 Å². The fraction of sp³-hybridized carbons (Fsp3) is 0.308. The summed E-state index contributed by atoms with van der Waals surface area (Å²) in [6, 6.07) is 5.02. The number of hydrogen-bond donors (Lipinski definition) is 1. The van der Waals surface area contributed by atoms with E-state index in [2.05, 4.69) is 6.58 Å². The molecule has 1 atom stereocenters. The van der Waals surface area contributed by atoms with Crippen LogP contribution in [0, 0.1) is 5.92 Å². The van der Waals surface area contributed by atoms with Crippen molar-refractivity contribution in [1.29, 1.82) is 0 Å². The standard InChI is InChI=1S/C13H14O2/c1-8(2)10-5-9-3-4-11(14)7-12(9)13(15)6-10/h3-4,7,10,14H,1,5-6H2,2H3/t10-/m0/s1. The van der Waals surface area contributed by atoms with Crippen LogP contribution in [-0.2, 0) is 6.42 Å². The summed E-state index contributed by atoms with van der Waals surface area (Å²) in [4.78, 5) is 11.8. The summed E-state index contributed by atoms with van der Waals surface area (Å²) in [7, 11) is 0. The van der Waals surface area contributed by atoms with Gasteiger partial charge in [0, 0.05) is 12.0 Å². The summed E-state index contributed by atoms with van der Waals surface area (Å²) in [5.41, 5.74) is 2.76. The van der Waals surface area contributed by atoms with Crippen molar-refractivity contribution in [2.24, 2.45) is 5.92 Å². The SMILES string of the molecule is C=C(C)[C@@H]1CC(=O)c2cc(O)ccc2C1. The van der Waals surface area contributed by atoms with Gasteiger partial charge >= 0.3 is 0 Å². The van der Waals surface area contributed by atoms with Crippen LogP contribution in [0.1, 0.15) is 29.3 Å². The smallest absolute Gasteiger partial charge is 0.163 e. The Kier molecular flexibility index (Phi) is 2.35. The molecule has 0 saturated heterocycles. The molecule has 1 aliphatic carbocycles. The zero-order valence-electron chi connectivity index (χ0n) is 8.79. The van der Waals surface area contributed by atoms with E-state index < -0.39 is 0 Å². The molecule has 0 fully saturated rings. The predicted molar refractivity (Wildman–Crippen MR) is 59.1 cm³/mol. The predicted octanol–water partition coefficient (Wildman–Crippen LogP) is 2.71. The fourth-order valence-corrected chi connectivity index (χ4v) is 2.02. The van der Waals surface area contributed by atoms with E-state index >= 15 is 0 Å². The molecule has 0 spiro atoms. The van der Waals surface area contributed by atoms with E-state index in [0.717, 1.165) is 17.6 Å². The van der Waals surface area contributed by atoms with Gasteiger partial charge in [-0.15, -0.1) is 0 Å². The fourth-order valence-electron chi connectivity index (χ4n) is 2.02. The lowest BCUT2D eigenvalue weighted by Gasteiger charge is -2.23. The largest absolute Gasteiger partial charge is 0.508 e. The first-order valence-electron chi connectivity index (χ1n) is 5.08. The molecule has 78 valence electrons. The van der Waals surface area contributed by atoms with Crippen LogP contribution in [0.15, 0.2) is 30.4 Å². The van der Waals surface area contributed by atoms with E-state index in [1.807, 2.05) is 13.0 Å². The maximum atomic E-state index is 11.8. The van der Waals surface area contributed by atoms with Crippen molar-refractivity contribution in [3.05, 3.63) is 41.5 Å². The Morgan fingerprint density at radius 2 is 2.20 bits per heavy atom. The van der Waals surface area contributed by atoms with Gasteiger partial charge in [-0.2, -0.15) is 0 Å². The summed E-state index contributed by atoms with van der Waals surface area (Å²) >= 11 is 0. The van der Waals surface area contributed by atoms with Crippen LogP contribution in [0.4, 0.5) is 0 Å². The van der Waals surface area contributed by atoms with Crippen molar-refractivity contribution < 1.29 is 9.90 Å². The quantitative estimate of drug-likeness (QED) is 0.711. The normalized spacial score (nSPS) is 19.8. The van der Waals surface area contributed by atoms with Gasteiger partial charge in [0.05, 0.1) is 0 Å². The number of carbonyl (C=O) groups is 1. The third kappa shape index (κ3) is 1.80. The van der Waals surface area contributed by atoms with Crippen molar-refractivity contribution in [3.8, 4) is 5.75 Å². The minimum absolute atomic E-state index is 0.111. The molecule has 2 nitrogen and oxygen atoms in total. The maximum absolute atomic E-state index is 11.8. The van der Waals surface area contributed by atoms with E-state index in [1.54, 1.807) is 12.1 Å². The maximum Gasteiger partial charge on any atom is 0.163 e. The lowest BCUT2D eigenvalue weighted by molar-refractivity contribution is 0.0956. The first-order valence-corrected chi connectivity index (χ1v) is 5.08. The molecule has 0 aromatic heterocycles. The number of phenols is 1. The van der Waals surface area contributed by atoms with Gasteiger partial charge in [-0.25, -0.2) is 0 Å². The molecule has 0 saturated carbocycles. The molecular formula is C13H14O2. The molecule has 1 aromatic rings. The Bertz CT molecular complexity index is 432. The number of carbonyl (C=O) groups excluding carboxylic acids is 1. The average Bonchev–Trinajstić information content (AvgIpc) is 2.18. The van der Waals surface area contributed by atoms with Gasteiger partial charge in [-0.1, -0.05) is 18.2 Å². The van der Waals surface area contributed by atoms with E-state index in [0.29, 0.717) is 12.0 Å². The highest BCUT2D eigenvalue weighted by molar-refractivity contribution is 5.99. The number of aromatic hydroxyl groups is 1. The first kappa shape index (κ1) is 9.97. The van der Waals surface area contributed by atoms with E-state index in [-0.39, 0.29) is 17.5 Å². The number of hydrogen-bond acceptors (Lipinski definition) is 2. The molecule has 0 aliphatic heterocycles. The Hall–Kier alpha value is -1.57. The molecule has 0 heterocycles. The van der Waals surface area contributed by atoms with Gasteiger partial charge < -0.3 is 5.11 Å². The second-order valence-corrected chi connectivity index (χ2v) is 4.22. The van der Waals surface area contributed by atoms with Gasteiger partial charge in [-0.3, -0.25) is 4.79 Å². The topological polar surface area (TPSA) is 37.3 Å².